The van der Waals surface area contributed by atoms with Gasteiger partial charge in [0.2, 0.25) is 10.9 Å². The Balaban J connectivity index is 1.54. The molecule has 0 radical (unpaired) electrons. The van der Waals surface area contributed by atoms with Gasteiger partial charge < -0.3 is 4.90 Å². The van der Waals surface area contributed by atoms with E-state index in [0.29, 0.717) is 26.8 Å². The summed E-state index contributed by atoms with van der Waals surface area (Å²) in [5.41, 5.74) is 0.687. The molecule has 0 N–H and O–H groups in total. The quantitative estimate of drug-likeness (QED) is 0.548. The summed E-state index contributed by atoms with van der Waals surface area (Å²) < 4.78 is 1.93. The molecule has 1 unspecified atom stereocenters. The molecule has 0 bridgehead atoms. The van der Waals surface area contributed by atoms with Gasteiger partial charge in [0.05, 0.1) is 11.4 Å². The third-order valence-electron chi connectivity index (χ3n) is 4.75. The monoisotopic (exact) mass is 461 g/mol. The molecule has 0 saturated heterocycles. The van der Waals surface area contributed by atoms with E-state index in [9.17, 15) is 9.59 Å². The van der Waals surface area contributed by atoms with E-state index in [2.05, 4.69) is 28.3 Å². The van der Waals surface area contributed by atoms with Gasteiger partial charge in [0.1, 0.15) is 5.69 Å². The Morgan fingerprint density at radius 3 is 2.80 bits per heavy atom. The standard InChI is InChI=1S/C20H23N5O2S3/c1-12-9-10-24(13-7-5-6-8-14(13)29-12)15(26)11-28-19-23-25-17(27)16(20(2,3)4)21-22-18(25)30-19/h5-8,12H,9-11H2,1-4H3. The van der Waals surface area contributed by atoms with Crippen LogP contribution < -0.4 is 10.5 Å². The number of hydrogen-bond acceptors (Lipinski definition) is 8. The van der Waals surface area contributed by atoms with Crippen molar-refractivity contribution in [3.8, 4) is 0 Å². The van der Waals surface area contributed by atoms with Crippen molar-refractivity contribution in [3.05, 3.63) is 40.3 Å². The first-order valence-corrected chi connectivity index (χ1v) is 12.4. The molecule has 4 rings (SSSR count). The summed E-state index contributed by atoms with van der Waals surface area (Å²) in [7, 11) is 0. The number of nitrogens with zero attached hydrogens (tertiary/aromatic N) is 5. The van der Waals surface area contributed by atoms with E-state index in [1.54, 1.807) is 0 Å². The molecule has 30 heavy (non-hydrogen) atoms. The first-order valence-electron chi connectivity index (χ1n) is 9.70. The number of benzene rings is 1. The van der Waals surface area contributed by atoms with Crippen molar-refractivity contribution in [2.75, 3.05) is 17.2 Å². The second-order valence-electron chi connectivity index (χ2n) is 8.19. The van der Waals surface area contributed by atoms with Gasteiger partial charge in [0.25, 0.3) is 5.56 Å². The molecule has 1 aromatic carbocycles. The lowest BCUT2D eigenvalue weighted by molar-refractivity contribution is -0.116. The van der Waals surface area contributed by atoms with Gasteiger partial charge in [-0.2, -0.15) is 4.52 Å². The van der Waals surface area contributed by atoms with Crippen LogP contribution in [-0.4, -0.2) is 43.3 Å². The van der Waals surface area contributed by atoms with Crippen molar-refractivity contribution in [3.63, 3.8) is 0 Å². The Morgan fingerprint density at radius 1 is 1.27 bits per heavy atom. The molecule has 7 nitrogen and oxygen atoms in total. The van der Waals surface area contributed by atoms with Crippen LogP contribution in [0.5, 0.6) is 0 Å². The molecular weight excluding hydrogens is 438 g/mol. The van der Waals surface area contributed by atoms with Crippen molar-refractivity contribution in [2.45, 2.75) is 54.0 Å². The van der Waals surface area contributed by atoms with Gasteiger partial charge in [-0.25, -0.2) is 0 Å². The van der Waals surface area contributed by atoms with Crippen molar-refractivity contribution >= 4 is 51.4 Å². The van der Waals surface area contributed by atoms with Gasteiger partial charge in [-0.3, -0.25) is 9.59 Å². The minimum absolute atomic E-state index is 0.0372. The van der Waals surface area contributed by atoms with Crippen molar-refractivity contribution < 1.29 is 4.79 Å². The molecule has 1 atom stereocenters. The third-order valence-corrected chi connectivity index (χ3v) is 8.00. The molecule has 3 heterocycles. The van der Waals surface area contributed by atoms with E-state index < -0.39 is 5.41 Å². The summed E-state index contributed by atoms with van der Waals surface area (Å²) >= 11 is 4.42. The first kappa shape index (κ1) is 21.3. The fourth-order valence-electron chi connectivity index (χ4n) is 3.17. The fourth-order valence-corrected chi connectivity index (χ4v) is 6.04. The summed E-state index contributed by atoms with van der Waals surface area (Å²) in [6.07, 6.45) is 0.942. The number of amides is 1. The maximum atomic E-state index is 13.0. The average molecular weight is 462 g/mol. The normalized spacial score (nSPS) is 17.1. The highest BCUT2D eigenvalue weighted by atomic mass is 32.2. The zero-order valence-electron chi connectivity index (χ0n) is 17.3. The molecule has 1 aliphatic heterocycles. The van der Waals surface area contributed by atoms with E-state index >= 15 is 0 Å². The van der Waals surface area contributed by atoms with Crippen LogP contribution in [0.1, 0.15) is 39.8 Å². The van der Waals surface area contributed by atoms with Crippen LogP contribution in [0.25, 0.3) is 4.96 Å². The highest BCUT2D eigenvalue weighted by Crippen LogP contribution is 2.37. The van der Waals surface area contributed by atoms with Crippen molar-refractivity contribution in [2.24, 2.45) is 0 Å². The zero-order chi connectivity index (χ0) is 21.5. The lowest BCUT2D eigenvalue weighted by Crippen LogP contribution is -2.33. The smallest absolute Gasteiger partial charge is 0.297 e. The first-order chi connectivity index (χ1) is 14.2. The predicted octanol–water partition coefficient (Wildman–Crippen LogP) is 3.85. The summed E-state index contributed by atoms with van der Waals surface area (Å²) in [5, 5.41) is 13.1. The Kier molecular flexibility index (Phi) is 5.91. The van der Waals surface area contributed by atoms with E-state index in [1.165, 1.54) is 27.6 Å². The summed E-state index contributed by atoms with van der Waals surface area (Å²) in [6, 6.07) is 8.05. The molecule has 10 heteroatoms. The van der Waals surface area contributed by atoms with Gasteiger partial charge in [-0.1, -0.05) is 62.9 Å². The van der Waals surface area contributed by atoms with Crippen LogP contribution in [0.15, 0.2) is 38.3 Å². The van der Waals surface area contributed by atoms with Gasteiger partial charge >= 0.3 is 0 Å². The summed E-state index contributed by atoms with van der Waals surface area (Å²) in [4.78, 5) is 29.2. The van der Waals surface area contributed by atoms with E-state index in [1.807, 2.05) is 55.6 Å². The molecular formula is C20H23N5O2S3. The highest BCUT2D eigenvalue weighted by molar-refractivity contribution is 8.01. The van der Waals surface area contributed by atoms with Gasteiger partial charge in [-0.05, 0) is 18.6 Å². The maximum Gasteiger partial charge on any atom is 0.297 e. The molecule has 3 aromatic rings. The van der Waals surface area contributed by atoms with E-state index in [0.717, 1.165) is 17.0 Å². The number of thioether (sulfide) groups is 2. The third kappa shape index (κ3) is 4.26. The molecule has 0 fully saturated rings. The number of hydrogen-bond donors (Lipinski definition) is 0. The molecule has 0 spiro atoms. The molecule has 1 aliphatic rings. The number of rotatable bonds is 3. The Hall–Kier alpha value is -1.91. The molecule has 1 amide bonds. The Morgan fingerprint density at radius 2 is 2.03 bits per heavy atom. The summed E-state index contributed by atoms with van der Waals surface area (Å²) in [6.45, 7) is 8.65. The van der Waals surface area contributed by atoms with E-state index in [4.69, 9.17) is 0 Å². The Bertz CT molecular complexity index is 1150. The fraction of sp³-hybridized carbons (Fsp3) is 0.450. The number of fused-ring (bicyclic) bond motifs is 2. The molecule has 0 aliphatic carbocycles. The van der Waals surface area contributed by atoms with Crippen molar-refractivity contribution in [1.82, 2.24) is 19.8 Å². The Labute approximate surface area is 187 Å². The highest BCUT2D eigenvalue weighted by Gasteiger charge is 2.25. The van der Waals surface area contributed by atoms with Crippen molar-refractivity contribution in [1.29, 1.82) is 0 Å². The summed E-state index contributed by atoms with van der Waals surface area (Å²) in [5.74, 6) is 0.289. The van der Waals surface area contributed by atoms with Crippen LogP contribution in [0, 0.1) is 0 Å². The second-order valence-corrected chi connectivity index (χ2v) is 11.8. The number of carbonyl (C=O) groups is 1. The number of aromatic nitrogens is 4. The number of para-hydroxylation sites is 1. The van der Waals surface area contributed by atoms with Crippen LogP contribution in [0.2, 0.25) is 0 Å². The minimum Gasteiger partial charge on any atom is -0.311 e. The SMILES string of the molecule is CC1CCN(C(=O)CSc2nn3c(=O)c(C(C)(C)C)nnc3s2)c2ccccc2S1. The number of carbonyl (C=O) groups excluding carboxylic acids is 1. The van der Waals surface area contributed by atoms with Crippen LogP contribution >= 0.6 is 34.9 Å². The van der Waals surface area contributed by atoms with Gasteiger partial charge in [-0.15, -0.1) is 27.1 Å². The minimum atomic E-state index is -0.409. The molecule has 0 saturated carbocycles. The topological polar surface area (TPSA) is 80.5 Å². The zero-order valence-corrected chi connectivity index (χ0v) is 19.7. The molecule has 158 valence electrons. The average Bonchev–Trinajstić information content (AvgIpc) is 3.03. The second kappa shape index (κ2) is 8.32. The van der Waals surface area contributed by atoms with Crippen LogP contribution in [0.4, 0.5) is 5.69 Å². The van der Waals surface area contributed by atoms with Crippen LogP contribution in [0.3, 0.4) is 0 Å². The lowest BCUT2D eigenvalue weighted by atomic mass is 9.93. The maximum absolute atomic E-state index is 13.0. The van der Waals surface area contributed by atoms with Gasteiger partial charge in [0, 0.05) is 22.1 Å². The van der Waals surface area contributed by atoms with E-state index in [-0.39, 0.29) is 17.2 Å². The largest absolute Gasteiger partial charge is 0.311 e. The van der Waals surface area contributed by atoms with Gasteiger partial charge in [0.15, 0.2) is 4.34 Å². The number of anilines is 1. The molecule has 2 aromatic heterocycles. The van der Waals surface area contributed by atoms with Crippen LogP contribution in [-0.2, 0) is 10.2 Å². The predicted molar refractivity (Wildman–Crippen MR) is 123 cm³/mol. The lowest BCUT2D eigenvalue weighted by Gasteiger charge is -2.22.